The Labute approximate surface area is 234 Å². The molecule has 2 N–H and O–H groups in total. The number of H-pyrrole nitrogens is 1. The number of rotatable bonds is 11. The Morgan fingerprint density at radius 1 is 1.07 bits per heavy atom. The molecule has 0 aliphatic heterocycles. The van der Waals surface area contributed by atoms with E-state index in [0.717, 1.165) is 49.9 Å². The lowest BCUT2D eigenvalue weighted by Crippen LogP contribution is -2.25. The first-order valence-electron chi connectivity index (χ1n) is 13.4. The number of nitrogens with one attached hydrogen (secondary N) is 2. The van der Waals surface area contributed by atoms with Crippen LogP contribution in [0.25, 0.3) is 22.5 Å². The summed E-state index contributed by atoms with van der Waals surface area (Å²) in [5.41, 5.74) is 1.39. The number of halogens is 3. The van der Waals surface area contributed by atoms with Gasteiger partial charge in [-0.05, 0) is 91.4 Å². The highest BCUT2D eigenvalue weighted by atomic mass is 19.4. The summed E-state index contributed by atoms with van der Waals surface area (Å²) in [5.74, 6) is 0.129. The van der Waals surface area contributed by atoms with Gasteiger partial charge >= 0.3 is 6.36 Å². The summed E-state index contributed by atoms with van der Waals surface area (Å²) in [6, 6.07) is 15.4. The van der Waals surface area contributed by atoms with Crippen LogP contribution in [-0.4, -0.2) is 33.6 Å². The van der Waals surface area contributed by atoms with Crippen molar-refractivity contribution in [2.75, 3.05) is 11.9 Å². The lowest BCUT2D eigenvalue weighted by molar-refractivity contribution is -0.274. The number of ether oxygens (including phenoxy) is 2. The van der Waals surface area contributed by atoms with Gasteiger partial charge in [0.05, 0.1) is 12.3 Å². The predicted octanol–water partition coefficient (Wildman–Crippen LogP) is 6.65. The van der Waals surface area contributed by atoms with E-state index in [1.165, 1.54) is 12.1 Å². The molecule has 41 heavy (non-hydrogen) atoms. The molecule has 8 nitrogen and oxygen atoms in total. The van der Waals surface area contributed by atoms with Gasteiger partial charge in [0.25, 0.3) is 11.5 Å². The van der Waals surface area contributed by atoms with Gasteiger partial charge in [0, 0.05) is 29.7 Å². The van der Waals surface area contributed by atoms with E-state index in [9.17, 15) is 22.8 Å². The maximum atomic E-state index is 13.4. The summed E-state index contributed by atoms with van der Waals surface area (Å²) in [7, 11) is 0. The number of pyridine rings is 1. The summed E-state index contributed by atoms with van der Waals surface area (Å²) in [4.78, 5) is 29.5. The fraction of sp³-hybridized carbons (Fsp3) is 0.300. The number of aromatic nitrogens is 3. The lowest BCUT2D eigenvalue weighted by Gasteiger charge is -2.12. The second-order valence-electron chi connectivity index (χ2n) is 9.92. The Kier molecular flexibility index (Phi) is 8.14. The molecule has 2 aromatic heterocycles. The van der Waals surface area contributed by atoms with Crippen molar-refractivity contribution >= 4 is 11.6 Å². The average molecular weight is 567 g/mol. The molecule has 0 atom stereocenters. The number of benzene rings is 2. The molecular weight excluding hydrogens is 537 g/mol. The van der Waals surface area contributed by atoms with Gasteiger partial charge in [0.2, 0.25) is 0 Å². The Morgan fingerprint density at radius 2 is 1.78 bits per heavy atom. The quantitative estimate of drug-likeness (QED) is 0.198. The van der Waals surface area contributed by atoms with Crippen molar-refractivity contribution in [3.05, 3.63) is 82.8 Å². The second-order valence-corrected chi connectivity index (χ2v) is 9.92. The van der Waals surface area contributed by atoms with E-state index < -0.39 is 23.6 Å². The van der Waals surface area contributed by atoms with E-state index in [1.807, 2.05) is 30.5 Å². The molecule has 1 amide bonds. The van der Waals surface area contributed by atoms with Crippen molar-refractivity contribution in [1.82, 2.24) is 14.8 Å². The van der Waals surface area contributed by atoms with Gasteiger partial charge in [-0.25, -0.2) is 0 Å². The zero-order valence-electron chi connectivity index (χ0n) is 22.3. The molecular formula is C30H29F3N4O4. The van der Waals surface area contributed by atoms with Crippen LogP contribution in [0.15, 0.2) is 71.7 Å². The van der Waals surface area contributed by atoms with Crippen molar-refractivity contribution < 1.29 is 27.4 Å². The van der Waals surface area contributed by atoms with Gasteiger partial charge in [-0.3, -0.25) is 14.3 Å². The van der Waals surface area contributed by atoms with E-state index in [0.29, 0.717) is 35.2 Å². The molecule has 11 heteroatoms. The molecule has 2 aromatic carbocycles. The Balaban J connectivity index is 1.45. The number of carbonyl (C=O) groups is 1. The third kappa shape index (κ3) is 7.36. The summed E-state index contributed by atoms with van der Waals surface area (Å²) >= 11 is 0. The number of carbonyl (C=O) groups excluding carboxylic acids is 1. The summed E-state index contributed by atoms with van der Waals surface area (Å²) in [5, 5.41) is 7.22. The molecule has 2 heterocycles. The number of amides is 1. The van der Waals surface area contributed by atoms with E-state index >= 15 is 0 Å². The topological polar surface area (TPSA) is 98.2 Å². The van der Waals surface area contributed by atoms with Crippen LogP contribution in [0.2, 0.25) is 0 Å². The Hall–Kier alpha value is -4.54. The minimum atomic E-state index is -4.83. The molecule has 1 aliphatic rings. The summed E-state index contributed by atoms with van der Waals surface area (Å²) in [6.45, 7) is 3.45. The van der Waals surface area contributed by atoms with Crippen LogP contribution in [0.1, 0.15) is 43.0 Å². The Bertz CT molecular complexity index is 1560. The fourth-order valence-corrected chi connectivity index (χ4v) is 4.31. The van der Waals surface area contributed by atoms with Crippen molar-refractivity contribution in [2.45, 2.75) is 45.5 Å². The largest absolute Gasteiger partial charge is 0.573 e. The SMILES string of the molecule is CCCCOc1ccc(-c2cc(-c3ccn(CC4CC4)n3)c(C(=O)Nc3ccc(OC(F)(F)F)cc3)c(=O)[nH]2)cc1. The number of hydrogen-bond acceptors (Lipinski definition) is 5. The van der Waals surface area contributed by atoms with Gasteiger partial charge in [0.15, 0.2) is 0 Å². The van der Waals surface area contributed by atoms with Gasteiger partial charge in [-0.2, -0.15) is 5.10 Å². The highest BCUT2D eigenvalue weighted by Gasteiger charge is 2.31. The second kappa shape index (κ2) is 11.9. The minimum absolute atomic E-state index is 0.166. The number of nitrogens with zero attached hydrogens (tertiary/aromatic N) is 2. The van der Waals surface area contributed by atoms with Crippen LogP contribution >= 0.6 is 0 Å². The van der Waals surface area contributed by atoms with Crippen LogP contribution in [-0.2, 0) is 6.54 Å². The number of unbranched alkanes of at least 4 members (excludes halogenated alkanes) is 1. The lowest BCUT2D eigenvalue weighted by atomic mass is 10.0. The maximum Gasteiger partial charge on any atom is 0.573 e. The van der Waals surface area contributed by atoms with Gasteiger partial charge in [-0.15, -0.1) is 13.2 Å². The molecule has 0 spiro atoms. The van der Waals surface area contributed by atoms with Crippen LogP contribution in [0.5, 0.6) is 11.5 Å². The van der Waals surface area contributed by atoms with Crippen molar-refractivity contribution in [2.24, 2.45) is 5.92 Å². The first kappa shape index (κ1) is 28.0. The fourth-order valence-electron chi connectivity index (χ4n) is 4.31. The standard InChI is InChI=1S/C30H29F3N4O4/c1-2-3-16-40-22-10-6-20(7-11-22)26-17-24(25-14-15-37(36-25)18-19-4-5-19)27(29(39)35-26)28(38)34-21-8-12-23(13-9-21)41-30(31,32)33/h6-15,17,19H,2-5,16,18H2,1H3,(H,34,38)(H,35,39). The first-order valence-corrected chi connectivity index (χ1v) is 13.4. The number of anilines is 1. The smallest absolute Gasteiger partial charge is 0.494 e. The molecule has 1 aliphatic carbocycles. The van der Waals surface area contributed by atoms with Crippen LogP contribution < -0.4 is 20.3 Å². The van der Waals surface area contributed by atoms with E-state index in [1.54, 1.807) is 16.8 Å². The van der Waals surface area contributed by atoms with E-state index in [4.69, 9.17) is 4.74 Å². The molecule has 0 radical (unpaired) electrons. The van der Waals surface area contributed by atoms with Gasteiger partial charge < -0.3 is 19.8 Å². The van der Waals surface area contributed by atoms with Crippen LogP contribution in [0.4, 0.5) is 18.9 Å². The monoisotopic (exact) mass is 566 g/mol. The third-order valence-corrected chi connectivity index (χ3v) is 6.60. The minimum Gasteiger partial charge on any atom is -0.494 e. The van der Waals surface area contributed by atoms with Crippen molar-refractivity contribution in [1.29, 1.82) is 0 Å². The average Bonchev–Trinajstić information content (AvgIpc) is 3.62. The molecule has 0 saturated heterocycles. The molecule has 214 valence electrons. The van der Waals surface area contributed by atoms with E-state index in [2.05, 4.69) is 27.1 Å². The van der Waals surface area contributed by atoms with Crippen molar-refractivity contribution in [3.63, 3.8) is 0 Å². The van der Waals surface area contributed by atoms with Crippen molar-refractivity contribution in [3.8, 4) is 34.0 Å². The molecule has 0 bridgehead atoms. The highest BCUT2D eigenvalue weighted by molar-refractivity contribution is 6.08. The normalized spacial score (nSPS) is 13.2. The first-order chi connectivity index (χ1) is 19.7. The van der Waals surface area contributed by atoms with Gasteiger partial charge in [-0.1, -0.05) is 13.3 Å². The predicted molar refractivity (Wildman–Crippen MR) is 148 cm³/mol. The van der Waals surface area contributed by atoms with E-state index in [-0.39, 0.29) is 11.3 Å². The molecule has 0 unspecified atom stereocenters. The summed E-state index contributed by atoms with van der Waals surface area (Å²) < 4.78 is 48.9. The maximum absolute atomic E-state index is 13.4. The number of aromatic amines is 1. The summed E-state index contributed by atoms with van der Waals surface area (Å²) in [6.07, 6.45) is 1.24. The number of alkyl halides is 3. The van der Waals surface area contributed by atoms with Crippen LogP contribution in [0, 0.1) is 5.92 Å². The molecule has 1 fully saturated rings. The van der Waals surface area contributed by atoms with Gasteiger partial charge in [0.1, 0.15) is 17.1 Å². The number of hydrogen-bond donors (Lipinski definition) is 2. The van der Waals surface area contributed by atoms with Crippen LogP contribution in [0.3, 0.4) is 0 Å². The highest BCUT2D eigenvalue weighted by Crippen LogP contribution is 2.32. The Morgan fingerprint density at radius 3 is 2.44 bits per heavy atom. The molecule has 1 saturated carbocycles. The molecule has 4 aromatic rings. The third-order valence-electron chi connectivity index (χ3n) is 6.60. The zero-order chi connectivity index (χ0) is 29.0. The zero-order valence-corrected chi connectivity index (χ0v) is 22.3. The molecule has 5 rings (SSSR count).